The molecule has 2 aliphatic carbocycles. The maximum Gasteiger partial charge on any atom is 0.503 e. The minimum absolute atomic E-state index is 0.0878. The molecule has 0 aromatic carbocycles. The van der Waals surface area contributed by atoms with E-state index in [1.165, 1.54) is 35.3 Å². The van der Waals surface area contributed by atoms with Crippen molar-refractivity contribution < 1.29 is 19.8 Å². The zero-order valence-corrected chi connectivity index (χ0v) is 19.0. The minimum atomic E-state index is -1.83. The van der Waals surface area contributed by atoms with E-state index in [1.807, 2.05) is 6.92 Å². The van der Waals surface area contributed by atoms with Crippen LogP contribution in [0.1, 0.15) is 61.6 Å². The van der Waals surface area contributed by atoms with Gasteiger partial charge in [0, 0.05) is 27.1 Å². The van der Waals surface area contributed by atoms with Gasteiger partial charge in [-0.25, -0.2) is 9.78 Å². The van der Waals surface area contributed by atoms with Crippen molar-refractivity contribution in [2.24, 2.45) is 5.92 Å². The van der Waals surface area contributed by atoms with Crippen molar-refractivity contribution in [3.63, 3.8) is 0 Å². The summed E-state index contributed by atoms with van der Waals surface area (Å²) in [6.45, 7) is 4.32. The maximum absolute atomic E-state index is 12.8. The first-order chi connectivity index (χ1) is 14.4. The molecule has 0 bridgehead atoms. The van der Waals surface area contributed by atoms with E-state index in [0.717, 1.165) is 59.3 Å². The first-order valence-corrected chi connectivity index (χ1v) is 12.1. The second kappa shape index (κ2) is 10.2. The van der Waals surface area contributed by atoms with Gasteiger partial charge in [0.05, 0.1) is 0 Å². The van der Waals surface area contributed by atoms with Crippen LogP contribution in [0.3, 0.4) is 0 Å². The molecule has 6 nitrogen and oxygen atoms in total. The average Bonchev–Trinajstić information content (AvgIpc) is 3.30. The average molecular weight is 449 g/mol. The number of carbonyl (C=O) groups is 2. The SMILES string of the molecule is CCC1CCc2c(sc(NC(=O)C3=CCCCC3)c2-c2nc(C)cs2)C1.O=C(O)O. The molecule has 2 aliphatic rings. The van der Waals surface area contributed by atoms with E-state index >= 15 is 0 Å². The molecule has 162 valence electrons. The van der Waals surface area contributed by atoms with E-state index in [1.54, 1.807) is 22.7 Å². The van der Waals surface area contributed by atoms with Gasteiger partial charge in [0.2, 0.25) is 0 Å². The van der Waals surface area contributed by atoms with Gasteiger partial charge in [-0.1, -0.05) is 19.4 Å². The molecule has 1 amide bonds. The topological polar surface area (TPSA) is 99.5 Å². The highest BCUT2D eigenvalue weighted by molar-refractivity contribution is 7.18. The highest BCUT2D eigenvalue weighted by Crippen LogP contribution is 2.46. The molecule has 0 fully saturated rings. The fourth-order valence-corrected chi connectivity index (χ4v) is 6.31. The van der Waals surface area contributed by atoms with E-state index in [-0.39, 0.29) is 5.91 Å². The van der Waals surface area contributed by atoms with Crippen LogP contribution in [0.2, 0.25) is 0 Å². The lowest BCUT2D eigenvalue weighted by molar-refractivity contribution is -0.113. The lowest BCUT2D eigenvalue weighted by Crippen LogP contribution is -2.15. The van der Waals surface area contributed by atoms with Crippen LogP contribution in [0.25, 0.3) is 10.6 Å². The van der Waals surface area contributed by atoms with E-state index in [9.17, 15) is 4.79 Å². The van der Waals surface area contributed by atoms with Crippen molar-refractivity contribution >= 4 is 39.7 Å². The third-order valence-corrected chi connectivity index (χ3v) is 7.73. The summed E-state index contributed by atoms with van der Waals surface area (Å²) in [7, 11) is 0. The predicted molar refractivity (Wildman–Crippen MR) is 122 cm³/mol. The summed E-state index contributed by atoms with van der Waals surface area (Å²) in [6.07, 6.45) is 9.27. The van der Waals surface area contributed by atoms with E-state index < -0.39 is 6.16 Å². The fourth-order valence-electron chi connectivity index (χ4n) is 4.01. The van der Waals surface area contributed by atoms with Gasteiger partial charge in [-0.3, -0.25) is 4.79 Å². The molecule has 0 saturated heterocycles. The largest absolute Gasteiger partial charge is 0.503 e. The van der Waals surface area contributed by atoms with Gasteiger partial charge in [-0.2, -0.15) is 0 Å². The number of allylic oxidation sites excluding steroid dienone is 1. The van der Waals surface area contributed by atoms with Crippen molar-refractivity contribution in [3.05, 3.63) is 33.2 Å². The maximum atomic E-state index is 12.8. The smallest absolute Gasteiger partial charge is 0.450 e. The first-order valence-electron chi connectivity index (χ1n) is 10.4. The Morgan fingerprint density at radius 2 is 2.03 bits per heavy atom. The summed E-state index contributed by atoms with van der Waals surface area (Å²) in [6, 6.07) is 0. The molecule has 0 aliphatic heterocycles. The Bertz CT molecular complexity index is 941. The Balaban J connectivity index is 0.000000589. The summed E-state index contributed by atoms with van der Waals surface area (Å²) in [4.78, 5) is 27.6. The summed E-state index contributed by atoms with van der Waals surface area (Å²) < 4.78 is 0. The fraction of sp³-hybridized carbons (Fsp3) is 0.500. The predicted octanol–water partition coefficient (Wildman–Crippen LogP) is 6.36. The second-order valence-corrected chi connectivity index (χ2v) is 9.69. The highest BCUT2D eigenvalue weighted by atomic mass is 32.1. The number of nitrogens with one attached hydrogen (secondary N) is 1. The molecular formula is C22H28N2O4S2. The van der Waals surface area contributed by atoms with Crippen LogP contribution in [0.15, 0.2) is 17.0 Å². The number of hydrogen-bond acceptors (Lipinski definition) is 5. The molecule has 0 radical (unpaired) electrons. The van der Waals surface area contributed by atoms with Crippen molar-refractivity contribution in [1.82, 2.24) is 4.98 Å². The van der Waals surface area contributed by atoms with Crippen molar-refractivity contribution in [2.45, 2.75) is 65.2 Å². The van der Waals surface area contributed by atoms with Gasteiger partial charge in [-0.15, -0.1) is 22.7 Å². The molecule has 0 saturated carbocycles. The van der Waals surface area contributed by atoms with Crippen LogP contribution in [0.5, 0.6) is 0 Å². The number of nitrogens with zero attached hydrogens (tertiary/aromatic N) is 1. The normalized spacial score (nSPS) is 17.9. The van der Waals surface area contributed by atoms with Gasteiger partial charge < -0.3 is 15.5 Å². The number of carbonyl (C=O) groups excluding carboxylic acids is 1. The zero-order chi connectivity index (χ0) is 21.7. The van der Waals surface area contributed by atoms with Crippen LogP contribution in [0, 0.1) is 12.8 Å². The van der Waals surface area contributed by atoms with Gasteiger partial charge in [0.25, 0.3) is 5.91 Å². The number of hydrogen-bond donors (Lipinski definition) is 3. The third-order valence-electron chi connectivity index (χ3n) is 5.59. The van der Waals surface area contributed by atoms with E-state index in [4.69, 9.17) is 20.0 Å². The molecule has 2 aromatic rings. The molecular weight excluding hydrogens is 420 g/mol. The molecule has 3 N–H and O–H groups in total. The van der Waals surface area contributed by atoms with Crippen molar-refractivity contribution in [3.8, 4) is 10.6 Å². The van der Waals surface area contributed by atoms with Crippen LogP contribution in [-0.4, -0.2) is 27.3 Å². The molecule has 4 rings (SSSR count). The van der Waals surface area contributed by atoms with Gasteiger partial charge in [-0.05, 0) is 63.4 Å². The van der Waals surface area contributed by atoms with Crippen LogP contribution < -0.4 is 5.32 Å². The van der Waals surface area contributed by atoms with E-state index in [2.05, 4.69) is 23.7 Å². The molecule has 0 spiro atoms. The number of amides is 1. The highest BCUT2D eigenvalue weighted by Gasteiger charge is 2.28. The van der Waals surface area contributed by atoms with Gasteiger partial charge >= 0.3 is 6.16 Å². The number of thiazole rings is 1. The van der Waals surface area contributed by atoms with Gasteiger partial charge in [0.15, 0.2) is 0 Å². The minimum Gasteiger partial charge on any atom is -0.450 e. The van der Waals surface area contributed by atoms with Crippen molar-refractivity contribution in [2.75, 3.05) is 5.32 Å². The third kappa shape index (κ3) is 5.49. The Labute approximate surface area is 184 Å². The summed E-state index contributed by atoms with van der Waals surface area (Å²) >= 11 is 3.48. The van der Waals surface area contributed by atoms with Crippen LogP contribution in [-0.2, 0) is 17.6 Å². The number of thiophene rings is 1. The zero-order valence-electron chi connectivity index (χ0n) is 17.4. The van der Waals surface area contributed by atoms with Crippen LogP contribution in [0.4, 0.5) is 9.80 Å². The standard InChI is InChI=1S/C21H26N2OS2.CH2O3/c1-3-14-9-10-16-17(11-14)26-21(18(16)20-22-13(2)12-25-20)23-19(24)15-7-5-4-6-8-15;2-1(3)4/h7,12,14H,3-6,8-11H2,1-2H3,(H,23,24);(H2,2,3,4). The van der Waals surface area contributed by atoms with Crippen molar-refractivity contribution in [1.29, 1.82) is 0 Å². The number of fused-ring (bicyclic) bond motifs is 1. The lowest BCUT2D eigenvalue weighted by Gasteiger charge is -2.21. The molecule has 1 atom stereocenters. The summed E-state index contributed by atoms with van der Waals surface area (Å²) in [5.41, 5.74) is 4.64. The molecule has 2 aromatic heterocycles. The Hall–Kier alpha value is -2.19. The van der Waals surface area contributed by atoms with E-state index in [0.29, 0.717) is 0 Å². The number of carboxylic acid groups (broad SMARTS) is 2. The molecule has 1 unspecified atom stereocenters. The lowest BCUT2D eigenvalue weighted by atomic mass is 9.86. The molecule has 8 heteroatoms. The number of rotatable bonds is 4. The summed E-state index contributed by atoms with van der Waals surface area (Å²) in [5, 5.41) is 21.4. The van der Waals surface area contributed by atoms with Gasteiger partial charge in [0.1, 0.15) is 10.0 Å². The quantitative estimate of drug-likeness (QED) is 0.505. The Morgan fingerprint density at radius 1 is 1.27 bits per heavy atom. The Morgan fingerprint density at radius 3 is 2.63 bits per heavy atom. The van der Waals surface area contributed by atoms with Crippen LogP contribution >= 0.6 is 22.7 Å². The molecule has 2 heterocycles. The number of aromatic nitrogens is 1. The second-order valence-electron chi connectivity index (χ2n) is 7.73. The number of aryl methyl sites for hydroxylation is 1. The summed E-state index contributed by atoms with van der Waals surface area (Å²) in [5.74, 6) is 0.863. The molecule has 30 heavy (non-hydrogen) atoms. The monoisotopic (exact) mass is 448 g/mol. The Kier molecular flexibility index (Phi) is 7.66. The first kappa shape index (κ1) is 22.5. The number of anilines is 1.